The van der Waals surface area contributed by atoms with Crippen LogP contribution in [-0.4, -0.2) is 11.8 Å². The number of thiophene rings is 1. The normalized spacial score (nSPS) is 19.3. The summed E-state index contributed by atoms with van der Waals surface area (Å²) in [5.74, 6) is 0.0913. The van der Waals surface area contributed by atoms with Gasteiger partial charge in [-0.25, -0.2) is 4.79 Å². The third kappa shape index (κ3) is 3.95. The number of aryl methyl sites for hydroxylation is 1. The van der Waals surface area contributed by atoms with Crippen LogP contribution in [0.3, 0.4) is 0 Å². The van der Waals surface area contributed by atoms with E-state index in [1.54, 1.807) is 16.2 Å². The largest absolute Gasteiger partial charge is 0.357 e. The number of anilines is 3. The molecule has 0 spiro atoms. The van der Waals surface area contributed by atoms with Gasteiger partial charge in [0.05, 0.1) is 11.4 Å². The predicted octanol–water partition coefficient (Wildman–Crippen LogP) is 6.91. The summed E-state index contributed by atoms with van der Waals surface area (Å²) in [7, 11) is 0. The van der Waals surface area contributed by atoms with E-state index in [0.717, 1.165) is 39.6 Å². The number of Topliss-reactive ketones (excluding diaryl/α,β-unsaturated/α-hetero) is 1. The molecule has 2 N–H and O–H groups in total. The molecule has 2 heterocycles. The van der Waals surface area contributed by atoms with Gasteiger partial charge in [0.15, 0.2) is 5.78 Å². The Balaban J connectivity index is 1.70. The number of ketones is 1. The molecule has 5 rings (SSSR count). The summed E-state index contributed by atoms with van der Waals surface area (Å²) < 4.78 is 0. The second-order valence-corrected chi connectivity index (χ2v) is 10.5. The fraction of sp³-hybridized carbons (Fsp3) is 0.259. The molecule has 3 aromatic rings. The Morgan fingerprint density at radius 2 is 1.82 bits per heavy atom. The van der Waals surface area contributed by atoms with Crippen LogP contribution in [0.1, 0.15) is 43.2 Å². The first-order chi connectivity index (χ1) is 15.8. The standard InChI is InChI=1S/C27H27N3O2S/c1-17-9-4-5-10-18(17)29-26(32)30-21-12-7-6-11-19(21)28-20-15-27(2,3)16-22(31)24(20)25(30)23-13-8-14-33-23/h4-14,25,28H,15-16H2,1-3H3,(H,29,32)/t25-/m1/s1. The fourth-order valence-corrected chi connectivity index (χ4v) is 5.64. The van der Waals surface area contributed by atoms with Crippen LogP contribution >= 0.6 is 11.3 Å². The summed E-state index contributed by atoms with van der Waals surface area (Å²) in [6.07, 6.45) is 1.20. The molecule has 0 bridgehead atoms. The highest BCUT2D eigenvalue weighted by Gasteiger charge is 2.43. The van der Waals surface area contributed by atoms with E-state index in [-0.39, 0.29) is 17.2 Å². The van der Waals surface area contributed by atoms with Crippen LogP contribution in [0, 0.1) is 12.3 Å². The van der Waals surface area contributed by atoms with Crippen molar-refractivity contribution in [2.75, 3.05) is 15.5 Å². The van der Waals surface area contributed by atoms with Crippen molar-refractivity contribution < 1.29 is 9.59 Å². The minimum atomic E-state index is -0.497. The molecule has 168 valence electrons. The molecule has 0 unspecified atom stereocenters. The number of para-hydroxylation sites is 3. The van der Waals surface area contributed by atoms with Gasteiger partial charge < -0.3 is 10.6 Å². The summed E-state index contributed by atoms with van der Waals surface area (Å²) in [6.45, 7) is 6.21. The molecule has 0 saturated carbocycles. The van der Waals surface area contributed by atoms with Gasteiger partial charge in [-0.05, 0) is 54.0 Å². The molecule has 0 fully saturated rings. The minimum Gasteiger partial charge on any atom is -0.357 e. The number of allylic oxidation sites excluding steroid dienone is 1. The first-order valence-corrected chi connectivity index (χ1v) is 12.0. The van der Waals surface area contributed by atoms with Gasteiger partial charge in [-0.1, -0.05) is 50.2 Å². The highest BCUT2D eigenvalue weighted by Crippen LogP contribution is 2.49. The quantitative estimate of drug-likeness (QED) is 0.440. The van der Waals surface area contributed by atoms with Crippen molar-refractivity contribution in [1.29, 1.82) is 0 Å². The smallest absolute Gasteiger partial charge is 0.327 e. The highest BCUT2D eigenvalue weighted by molar-refractivity contribution is 7.10. The molecule has 2 aliphatic rings. The van der Waals surface area contributed by atoms with Crippen molar-refractivity contribution in [1.82, 2.24) is 0 Å². The maximum Gasteiger partial charge on any atom is 0.327 e. The van der Waals surface area contributed by atoms with Crippen LogP contribution in [0.15, 0.2) is 77.3 Å². The van der Waals surface area contributed by atoms with Crippen LogP contribution in [-0.2, 0) is 4.79 Å². The van der Waals surface area contributed by atoms with Gasteiger partial charge in [-0.2, -0.15) is 0 Å². The van der Waals surface area contributed by atoms with Crippen molar-refractivity contribution in [3.63, 3.8) is 0 Å². The molecule has 1 aliphatic carbocycles. The van der Waals surface area contributed by atoms with E-state index in [9.17, 15) is 9.59 Å². The van der Waals surface area contributed by atoms with Gasteiger partial charge in [-0.3, -0.25) is 9.69 Å². The number of rotatable bonds is 2. The van der Waals surface area contributed by atoms with Crippen LogP contribution in [0.2, 0.25) is 0 Å². The van der Waals surface area contributed by atoms with Crippen molar-refractivity contribution in [2.24, 2.45) is 5.41 Å². The Bertz CT molecular complexity index is 1260. The van der Waals surface area contributed by atoms with E-state index < -0.39 is 6.04 Å². The van der Waals surface area contributed by atoms with Crippen molar-refractivity contribution in [3.05, 3.63) is 87.8 Å². The summed E-state index contributed by atoms with van der Waals surface area (Å²) in [4.78, 5) is 30.2. The number of hydrogen-bond donors (Lipinski definition) is 2. The Hall–Kier alpha value is -3.38. The number of nitrogens with zero attached hydrogens (tertiary/aromatic N) is 1. The van der Waals surface area contributed by atoms with E-state index in [0.29, 0.717) is 12.0 Å². The minimum absolute atomic E-state index is 0.0913. The van der Waals surface area contributed by atoms with Crippen molar-refractivity contribution in [3.8, 4) is 0 Å². The maximum atomic E-state index is 13.9. The number of benzene rings is 2. The van der Waals surface area contributed by atoms with E-state index >= 15 is 0 Å². The van der Waals surface area contributed by atoms with Crippen LogP contribution in [0.5, 0.6) is 0 Å². The summed E-state index contributed by atoms with van der Waals surface area (Å²) in [5.41, 5.74) is 4.77. The molecule has 0 saturated heterocycles. The summed E-state index contributed by atoms with van der Waals surface area (Å²) >= 11 is 1.57. The van der Waals surface area contributed by atoms with Gasteiger partial charge >= 0.3 is 6.03 Å². The van der Waals surface area contributed by atoms with Gasteiger partial charge in [0.2, 0.25) is 0 Å². The third-order valence-corrected chi connectivity index (χ3v) is 7.24. The molecule has 0 radical (unpaired) electrons. The van der Waals surface area contributed by atoms with Crippen LogP contribution in [0.4, 0.5) is 21.9 Å². The molecule has 1 aromatic heterocycles. The Kier molecular flexibility index (Phi) is 5.33. The molecule has 1 aliphatic heterocycles. The number of fused-ring (bicyclic) bond motifs is 1. The molecule has 6 heteroatoms. The number of carbonyl (C=O) groups is 2. The Morgan fingerprint density at radius 1 is 1.06 bits per heavy atom. The fourth-order valence-electron chi connectivity index (χ4n) is 4.82. The molecule has 1 atom stereocenters. The van der Waals surface area contributed by atoms with Gasteiger partial charge in [0, 0.05) is 28.3 Å². The third-order valence-electron chi connectivity index (χ3n) is 6.32. The second kappa shape index (κ2) is 8.19. The monoisotopic (exact) mass is 457 g/mol. The maximum absolute atomic E-state index is 13.9. The van der Waals surface area contributed by atoms with Crippen LogP contribution in [0.25, 0.3) is 0 Å². The van der Waals surface area contributed by atoms with E-state index in [4.69, 9.17) is 0 Å². The van der Waals surface area contributed by atoms with E-state index in [1.807, 2.05) is 73.0 Å². The molecule has 5 nitrogen and oxygen atoms in total. The zero-order valence-electron chi connectivity index (χ0n) is 19.0. The zero-order valence-corrected chi connectivity index (χ0v) is 19.8. The van der Waals surface area contributed by atoms with Crippen molar-refractivity contribution >= 4 is 40.2 Å². The molecule has 2 amide bonds. The van der Waals surface area contributed by atoms with Gasteiger partial charge in [-0.15, -0.1) is 11.3 Å². The average molecular weight is 458 g/mol. The Morgan fingerprint density at radius 3 is 2.58 bits per heavy atom. The lowest BCUT2D eigenvalue weighted by Crippen LogP contribution is -2.41. The summed E-state index contributed by atoms with van der Waals surface area (Å²) in [5, 5.41) is 8.63. The van der Waals surface area contributed by atoms with E-state index in [1.165, 1.54) is 0 Å². The van der Waals surface area contributed by atoms with Gasteiger partial charge in [0.25, 0.3) is 0 Å². The first kappa shape index (κ1) is 21.5. The summed E-state index contributed by atoms with van der Waals surface area (Å²) in [6, 6.07) is 18.7. The number of amides is 2. The SMILES string of the molecule is Cc1ccccc1NC(=O)N1c2ccccc2NC2=C(C(=O)CC(C)(C)C2)[C@H]1c1cccs1. The van der Waals surface area contributed by atoms with Crippen molar-refractivity contribution in [2.45, 2.75) is 39.7 Å². The lowest BCUT2D eigenvalue weighted by atomic mass is 9.74. The van der Waals surface area contributed by atoms with Gasteiger partial charge in [0.1, 0.15) is 6.04 Å². The van der Waals surface area contributed by atoms with Crippen LogP contribution < -0.4 is 15.5 Å². The number of urea groups is 1. The topological polar surface area (TPSA) is 61.4 Å². The molecule has 33 heavy (non-hydrogen) atoms. The first-order valence-electron chi connectivity index (χ1n) is 11.2. The molecule has 2 aromatic carbocycles. The molecular formula is C27H27N3O2S. The second-order valence-electron chi connectivity index (χ2n) is 9.51. The lowest BCUT2D eigenvalue weighted by molar-refractivity contribution is -0.118. The van der Waals surface area contributed by atoms with E-state index in [2.05, 4.69) is 24.5 Å². The number of carbonyl (C=O) groups excluding carboxylic acids is 2. The number of nitrogens with one attached hydrogen (secondary N) is 2. The molecular weight excluding hydrogens is 430 g/mol. The number of hydrogen-bond acceptors (Lipinski definition) is 4. The highest BCUT2D eigenvalue weighted by atomic mass is 32.1. The lowest BCUT2D eigenvalue weighted by Gasteiger charge is -2.36. The average Bonchev–Trinajstić information content (AvgIpc) is 3.24. The zero-order chi connectivity index (χ0) is 23.2. The predicted molar refractivity (Wildman–Crippen MR) is 135 cm³/mol. The Labute approximate surface area is 198 Å².